The second-order valence-corrected chi connectivity index (χ2v) is 9.10. The van der Waals surface area contributed by atoms with Crippen molar-refractivity contribution in [3.8, 4) is 22.5 Å². The van der Waals surface area contributed by atoms with E-state index in [2.05, 4.69) is 22.3 Å². The molecule has 6 rings (SSSR count). The second-order valence-electron chi connectivity index (χ2n) is 8.69. The van der Waals surface area contributed by atoms with E-state index in [4.69, 9.17) is 16.0 Å². The van der Waals surface area contributed by atoms with Gasteiger partial charge in [0.15, 0.2) is 0 Å². The van der Waals surface area contributed by atoms with Crippen LogP contribution in [0.5, 0.6) is 0 Å². The van der Waals surface area contributed by atoms with Crippen molar-refractivity contribution in [3.63, 3.8) is 0 Å². The summed E-state index contributed by atoms with van der Waals surface area (Å²) in [4.78, 5) is 26.8. The molecule has 0 amide bonds. The van der Waals surface area contributed by atoms with Crippen molar-refractivity contribution in [2.75, 3.05) is 31.1 Å². The van der Waals surface area contributed by atoms with Crippen molar-refractivity contribution in [2.24, 2.45) is 0 Å². The first kappa shape index (κ1) is 21.6. The summed E-state index contributed by atoms with van der Waals surface area (Å²) in [6.07, 6.45) is 0. The smallest absolute Gasteiger partial charge is 0.336 e. The molecule has 6 nitrogen and oxygen atoms in total. The highest BCUT2D eigenvalue weighted by molar-refractivity contribution is 6.31. The van der Waals surface area contributed by atoms with Gasteiger partial charge in [-0.3, -0.25) is 4.79 Å². The Morgan fingerprint density at radius 3 is 2.51 bits per heavy atom. The van der Waals surface area contributed by atoms with E-state index in [9.17, 15) is 14.7 Å². The first-order valence-electron chi connectivity index (χ1n) is 11.4. The lowest BCUT2D eigenvalue weighted by Gasteiger charge is -2.29. The molecule has 3 aromatic rings. The van der Waals surface area contributed by atoms with Crippen LogP contribution in [0, 0.1) is 0 Å². The normalized spacial score (nSPS) is 14.1. The zero-order chi connectivity index (χ0) is 24.1. The minimum absolute atomic E-state index is 0.0579. The average molecular weight is 485 g/mol. The summed E-state index contributed by atoms with van der Waals surface area (Å²) in [7, 11) is 0. The molecule has 3 aromatic carbocycles. The van der Waals surface area contributed by atoms with Crippen molar-refractivity contribution >= 4 is 45.0 Å². The maximum absolute atomic E-state index is 12.4. The highest BCUT2D eigenvalue weighted by atomic mass is 35.5. The maximum Gasteiger partial charge on any atom is 0.336 e. The number of nitrogens with one attached hydrogen (secondary N) is 1. The molecule has 0 spiro atoms. The number of rotatable bonds is 3. The Morgan fingerprint density at radius 2 is 1.71 bits per heavy atom. The number of carboxylic acid groups (broad SMARTS) is 1. The molecule has 1 saturated heterocycles. The minimum Gasteiger partial charge on any atom is -0.478 e. The fourth-order valence-electron chi connectivity index (χ4n) is 4.96. The summed E-state index contributed by atoms with van der Waals surface area (Å²) in [5, 5.41) is 16.0. The maximum atomic E-state index is 12.4. The van der Waals surface area contributed by atoms with E-state index < -0.39 is 5.97 Å². The monoisotopic (exact) mass is 484 g/mol. The van der Waals surface area contributed by atoms with Gasteiger partial charge in [-0.15, -0.1) is 0 Å². The standard InChI is InChI=1S/C28H21ClN2O4/c29-23-14-22-25(15-24(23)32)35-27-18-8-6-17(31-11-9-30-10-12-31)13-16(18)5-7-21(27)26(22)19-3-1-2-4-20(19)28(33)34/h1-8,13-15,30H,9-12H2,(H,33,34). The van der Waals surface area contributed by atoms with Gasteiger partial charge in [0.05, 0.1) is 10.6 Å². The summed E-state index contributed by atoms with van der Waals surface area (Å²) in [5.41, 5.74) is 3.36. The Kier molecular flexibility index (Phi) is 5.20. The van der Waals surface area contributed by atoms with Crippen LogP contribution in [0.25, 0.3) is 44.2 Å². The topological polar surface area (TPSA) is 82.8 Å². The molecule has 0 aromatic heterocycles. The molecule has 2 N–H and O–H groups in total. The number of nitrogens with zero attached hydrogens (tertiary/aromatic N) is 1. The second kappa shape index (κ2) is 8.41. The number of carboxylic acids is 1. The number of hydrogen-bond acceptors (Lipinski definition) is 5. The molecule has 2 heterocycles. The van der Waals surface area contributed by atoms with Gasteiger partial charge in [0.2, 0.25) is 5.43 Å². The molecular formula is C28H21ClN2O4. The molecule has 0 unspecified atom stereocenters. The lowest BCUT2D eigenvalue weighted by molar-refractivity contribution is 0.0697. The summed E-state index contributed by atoms with van der Waals surface area (Å²) < 4.78 is 6.31. The number of hydrogen-bond donors (Lipinski definition) is 2. The Balaban J connectivity index is 1.69. The molecule has 1 aliphatic carbocycles. The SMILES string of the molecule is O=C(O)c1ccccc1-c1c2cc(Cl)c(=O)cc-2oc2c1ccc1cc(N3CCNCC3)ccc12. The van der Waals surface area contributed by atoms with Crippen LogP contribution in [0.4, 0.5) is 5.69 Å². The van der Waals surface area contributed by atoms with E-state index in [1.165, 1.54) is 6.07 Å². The molecule has 2 aliphatic heterocycles. The number of carbonyl (C=O) groups is 1. The minimum atomic E-state index is -1.03. The average Bonchev–Trinajstić information content (AvgIpc) is 2.88. The Labute approximate surface area is 205 Å². The van der Waals surface area contributed by atoms with Crippen LogP contribution in [0.1, 0.15) is 10.4 Å². The van der Waals surface area contributed by atoms with Crippen LogP contribution in [0.3, 0.4) is 0 Å². The first-order valence-corrected chi connectivity index (χ1v) is 11.8. The van der Waals surface area contributed by atoms with Gasteiger partial charge in [-0.2, -0.15) is 0 Å². The van der Waals surface area contributed by atoms with Crippen molar-refractivity contribution < 1.29 is 14.3 Å². The van der Waals surface area contributed by atoms with E-state index >= 15 is 0 Å². The van der Waals surface area contributed by atoms with Crippen LogP contribution >= 0.6 is 11.6 Å². The van der Waals surface area contributed by atoms with Gasteiger partial charge in [-0.25, -0.2) is 4.79 Å². The van der Waals surface area contributed by atoms with Crippen molar-refractivity contribution in [1.29, 1.82) is 0 Å². The van der Waals surface area contributed by atoms with E-state index in [0.717, 1.165) is 48.0 Å². The summed E-state index contributed by atoms with van der Waals surface area (Å²) in [6, 6.07) is 20.0. The van der Waals surface area contributed by atoms with Crippen molar-refractivity contribution in [1.82, 2.24) is 5.32 Å². The number of anilines is 1. The van der Waals surface area contributed by atoms with Crippen LogP contribution in [-0.2, 0) is 0 Å². The number of piperazine rings is 1. The third-order valence-corrected chi connectivity index (χ3v) is 6.94. The van der Waals surface area contributed by atoms with E-state index in [1.54, 1.807) is 30.3 Å². The molecule has 7 heteroatoms. The van der Waals surface area contributed by atoms with Gasteiger partial charge in [0.1, 0.15) is 11.3 Å². The Bertz CT molecular complexity index is 1650. The molecule has 35 heavy (non-hydrogen) atoms. The third kappa shape index (κ3) is 3.62. The Morgan fingerprint density at radius 1 is 0.943 bits per heavy atom. The summed E-state index contributed by atoms with van der Waals surface area (Å²) in [6.45, 7) is 3.78. The summed E-state index contributed by atoms with van der Waals surface area (Å²) in [5.74, 6) is -0.670. The number of fused-ring (bicyclic) bond motifs is 4. The highest BCUT2D eigenvalue weighted by Crippen LogP contribution is 2.44. The van der Waals surface area contributed by atoms with Crippen LogP contribution in [0.2, 0.25) is 5.02 Å². The Hall–Kier alpha value is -3.87. The number of halogens is 1. The van der Waals surface area contributed by atoms with E-state index in [1.807, 2.05) is 18.2 Å². The largest absolute Gasteiger partial charge is 0.478 e. The first-order chi connectivity index (χ1) is 17.0. The van der Waals surface area contributed by atoms with Gasteiger partial charge < -0.3 is 19.7 Å². The van der Waals surface area contributed by atoms with Crippen LogP contribution < -0.4 is 15.6 Å². The number of benzene rings is 4. The molecular weight excluding hydrogens is 464 g/mol. The zero-order valence-electron chi connectivity index (χ0n) is 18.7. The molecule has 174 valence electrons. The molecule has 0 atom stereocenters. The molecule has 1 fully saturated rings. The van der Waals surface area contributed by atoms with Crippen LogP contribution in [0.15, 0.2) is 75.9 Å². The van der Waals surface area contributed by atoms with Gasteiger partial charge in [-0.1, -0.05) is 35.9 Å². The van der Waals surface area contributed by atoms with Gasteiger partial charge in [0.25, 0.3) is 0 Å². The molecule has 0 bridgehead atoms. The van der Waals surface area contributed by atoms with Crippen molar-refractivity contribution in [2.45, 2.75) is 0 Å². The van der Waals surface area contributed by atoms with Crippen molar-refractivity contribution in [3.05, 3.63) is 87.5 Å². The van der Waals surface area contributed by atoms with Gasteiger partial charge >= 0.3 is 5.97 Å². The zero-order valence-corrected chi connectivity index (χ0v) is 19.4. The predicted molar refractivity (Wildman–Crippen MR) is 139 cm³/mol. The van der Waals surface area contributed by atoms with E-state index in [0.29, 0.717) is 28.0 Å². The van der Waals surface area contributed by atoms with E-state index in [-0.39, 0.29) is 16.0 Å². The summed E-state index contributed by atoms with van der Waals surface area (Å²) >= 11 is 6.21. The van der Waals surface area contributed by atoms with Crippen LogP contribution in [-0.4, -0.2) is 37.3 Å². The molecule has 0 saturated carbocycles. The lowest BCUT2D eigenvalue weighted by Crippen LogP contribution is -2.43. The molecule has 3 aliphatic rings. The fourth-order valence-corrected chi connectivity index (χ4v) is 5.13. The van der Waals surface area contributed by atoms with Gasteiger partial charge in [0, 0.05) is 59.8 Å². The quantitative estimate of drug-likeness (QED) is 0.261. The number of aromatic carboxylic acids is 1. The molecule has 0 radical (unpaired) electrons. The predicted octanol–water partition coefficient (Wildman–Crippen LogP) is 5.48. The fraction of sp³-hybridized carbons (Fsp3) is 0.143. The third-order valence-electron chi connectivity index (χ3n) is 6.65. The lowest BCUT2D eigenvalue weighted by atomic mass is 9.90. The highest BCUT2D eigenvalue weighted by Gasteiger charge is 2.23. The van der Waals surface area contributed by atoms with Gasteiger partial charge in [-0.05, 0) is 47.3 Å².